The van der Waals surface area contributed by atoms with Crippen LogP contribution in [0.2, 0.25) is 0 Å². The second-order valence-electron chi connectivity index (χ2n) is 5.37. The number of rotatable bonds is 8. The maximum atomic E-state index is 12.1. The van der Waals surface area contributed by atoms with Crippen LogP contribution in [-0.2, 0) is 26.2 Å². The molecule has 0 saturated carbocycles. The molecule has 0 spiro atoms. The third-order valence-corrected chi connectivity index (χ3v) is 4.91. The molecule has 6 nitrogen and oxygen atoms in total. The number of benzene rings is 2. The highest BCUT2D eigenvalue weighted by atomic mass is 32.2. The highest BCUT2D eigenvalue weighted by Crippen LogP contribution is 2.11. The van der Waals surface area contributed by atoms with Crippen molar-refractivity contribution >= 4 is 21.8 Å². The molecule has 0 fully saturated rings. The first kappa shape index (κ1) is 18.8. The fourth-order valence-electron chi connectivity index (χ4n) is 2.05. The molecule has 0 aromatic heterocycles. The quantitative estimate of drug-likeness (QED) is 0.576. The summed E-state index contributed by atoms with van der Waals surface area (Å²) in [5.41, 5.74) is 1.30. The number of ketones is 1. The molecule has 0 bridgehead atoms. The van der Waals surface area contributed by atoms with Gasteiger partial charge in [-0.25, -0.2) is 13.1 Å². The highest BCUT2D eigenvalue weighted by Gasteiger charge is 2.15. The van der Waals surface area contributed by atoms with Gasteiger partial charge in [-0.15, -0.1) is 0 Å². The number of Topliss-reactive ketones (excluding diaryl/α,β-unsaturated/α-hetero) is 1. The zero-order valence-electron chi connectivity index (χ0n) is 13.8. The largest absolute Gasteiger partial charge is 0.461 e. The van der Waals surface area contributed by atoms with Crippen molar-refractivity contribution in [2.24, 2.45) is 0 Å². The number of hydrogen-bond donors (Lipinski definition) is 1. The molecule has 25 heavy (non-hydrogen) atoms. The van der Waals surface area contributed by atoms with Crippen molar-refractivity contribution in [1.82, 2.24) is 4.72 Å². The van der Waals surface area contributed by atoms with Crippen LogP contribution in [0.3, 0.4) is 0 Å². The maximum absolute atomic E-state index is 12.1. The van der Waals surface area contributed by atoms with Crippen molar-refractivity contribution in [1.29, 1.82) is 0 Å². The molecular formula is C18H19NO5S. The van der Waals surface area contributed by atoms with Crippen molar-refractivity contribution in [3.05, 3.63) is 65.7 Å². The van der Waals surface area contributed by atoms with Crippen molar-refractivity contribution in [2.45, 2.75) is 24.8 Å². The van der Waals surface area contributed by atoms with E-state index in [0.717, 1.165) is 5.56 Å². The number of ether oxygens (including phenoxy) is 1. The summed E-state index contributed by atoms with van der Waals surface area (Å²) in [5.74, 6) is -0.628. The van der Waals surface area contributed by atoms with Crippen LogP contribution in [-0.4, -0.2) is 26.7 Å². The van der Waals surface area contributed by atoms with Crippen LogP contribution in [0.1, 0.15) is 29.3 Å². The van der Waals surface area contributed by atoms with E-state index in [1.54, 1.807) is 0 Å². The molecule has 0 aliphatic rings. The Balaban J connectivity index is 1.81. The maximum Gasteiger partial charge on any atom is 0.307 e. The summed E-state index contributed by atoms with van der Waals surface area (Å²) in [7, 11) is -3.73. The van der Waals surface area contributed by atoms with Gasteiger partial charge in [0.15, 0.2) is 5.78 Å². The lowest BCUT2D eigenvalue weighted by Crippen LogP contribution is -2.26. The normalized spacial score (nSPS) is 11.1. The first-order valence-corrected chi connectivity index (χ1v) is 9.17. The SMILES string of the molecule is CC(=O)c1ccc(S(=O)(=O)NCCC(=O)OCc2ccccc2)cc1. The number of carbonyl (C=O) groups is 2. The van der Waals surface area contributed by atoms with Gasteiger partial charge in [-0.2, -0.15) is 0 Å². The van der Waals surface area contributed by atoms with Crippen LogP contribution >= 0.6 is 0 Å². The molecule has 2 rings (SSSR count). The van der Waals surface area contributed by atoms with Gasteiger partial charge in [0.05, 0.1) is 11.3 Å². The molecule has 132 valence electrons. The molecule has 0 atom stereocenters. The number of sulfonamides is 1. The average molecular weight is 361 g/mol. The fourth-order valence-corrected chi connectivity index (χ4v) is 3.08. The molecule has 0 amide bonds. The van der Waals surface area contributed by atoms with Crippen molar-refractivity contribution < 1.29 is 22.7 Å². The van der Waals surface area contributed by atoms with Crippen molar-refractivity contribution in [3.63, 3.8) is 0 Å². The zero-order chi connectivity index (χ0) is 18.3. The van der Waals surface area contributed by atoms with E-state index in [9.17, 15) is 18.0 Å². The van der Waals surface area contributed by atoms with Gasteiger partial charge in [0.1, 0.15) is 6.61 Å². The Morgan fingerprint density at radius 1 is 1.00 bits per heavy atom. The Morgan fingerprint density at radius 3 is 2.24 bits per heavy atom. The van der Waals surface area contributed by atoms with Gasteiger partial charge in [0.2, 0.25) is 10.0 Å². The van der Waals surface area contributed by atoms with Crippen molar-refractivity contribution in [3.8, 4) is 0 Å². The third kappa shape index (κ3) is 5.81. The van der Waals surface area contributed by atoms with E-state index in [2.05, 4.69) is 4.72 Å². The minimum Gasteiger partial charge on any atom is -0.461 e. The monoisotopic (exact) mass is 361 g/mol. The first-order valence-electron chi connectivity index (χ1n) is 7.69. The fraction of sp³-hybridized carbons (Fsp3) is 0.222. The summed E-state index contributed by atoms with van der Waals surface area (Å²) in [6.45, 7) is 1.49. The topological polar surface area (TPSA) is 89.5 Å². The second kappa shape index (κ2) is 8.55. The Labute approximate surface area is 146 Å². The van der Waals surface area contributed by atoms with Gasteiger partial charge in [0.25, 0.3) is 0 Å². The smallest absolute Gasteiger partial charge is 0.307 e. The predicted molar refractivity (Wildman–Crippen MR) is 92.5 cm³/mol. The number of carbonyl (C=O) groups excluding carboxylic acids is 2. The summed E-state index contributed by atoms with van der Waals surface area (Å²) in [5, 5.41) is 0. The van der Waals surface area contributed by atoms with E-state index in [0.29, 0.717) is 5.56 Å². The molecule has 0 aliphatic carbocycles. The zero-order valence-corrected chi connectivity index (χ0v) is 14.6. The summed E-state index contributed by atoms with van der Waals surface area (Å²) in [6, 6.07) is 14.8. The third-order valence-electron chi connectivity index (χ3n) is 3.43. The van der Waals surface area contributed by atoms with E-state index in [-0.39, 0.29) is 30.3 Å². The molecule has 0 heterocycles. The molecule has 0 unspecified atom stereocenters. The highest BCUT2D eigenvalue weighted by molar-refractivity contribution is 7.89. The van der Waals surface area contributed by atoms with E-state index in [4.69, 9.17) is 4.74 Å². The Morgan fingerprint density at radius 2 is 1.64 bits per heavy atom. The van der Waals surface area contributed by atoms with Gasteiger partial charge in [-0.1, -0.05) is 42.5 Å². The van der Waals surface area contributed by atoms with E-state index in [1.807, 2.05) is 30.3 Å². The molecule has 2 aromatic rings. The molecule has 0 saturated heterocycles. The second-order valence-corrected chi connectivity index (χ2v) is 7.14. The van der Waals surface area contributed by atoms with Gasteiger partial charge in [0, 0.05) is 12.1 Å². The van der Waals surface area contributed by atoms with Gasteiger partial charge in [-0.3, -0.25) is 9.59 Å². The lowest BCUT2D eigenvalue weighted by Gasteiger charge is -2.08. The van der Waals surface area contributed by atoms with E-state index >= 15 is 0 Å². The van der Waals surface area contributed by atoms with Gasteiger partial charge >= 0.3 is 5.97 Å². The van der Waals surface area contributed by atoms with Crippen LogP contribution in [0.5, 0.6) is 0 Å². The Bertz CT molecular complexity index is 830. The Hall–Kier alpha value is -2.51. The van der Waals surface area contributed by atoms with Crippen LogP contribution < -0.4 is 4.72 Å². The summed E-state index contributed by atoms with van der Waals surface area (Å²) in [6.07, 6.45) is -0.0718. The number of hydrogen-bond acceptors (Lipinski definition) is 5. The Kier molecular flexibility index (Phi) is 6.44. The lowest BCUT2D eigenvalue weighted by molar-refractivity contribution is -0.144. The molecule has 0 aliphatic heterocycles. The minimum atomic E-state index is -3.73. The van der Waals surface area contributed by atoms with Crippen LogP contribution in [0.4, 0.5) is 0 Å². The van der Waals surface area contributed by atoms with Crippen LogP contribution in [0.15, 0.2) is 59.5 Å². The van der Waals surface area contributed by atoms with Crippen LogP contribution in [0.25, 0.3) is 0 Å². The summed E-state index contributed by atoms with van der Waals surface area (Å²) >= 11 is 0. The van der Waals surface area contributed by atoms with E-state index < -0.39 is 16.0 Å². The van der Waals surface area contributed by atoms with Gasteiger partial charge < -0.3 is 4.74 Å². The minimum absolute atomic E-state index is 0.0372. The first-order chi connectivity index (χ1) is 11.9. The number of esters is 1. The molecule has 0 radical (unpaired) electrons. The molecule has 2 aromatic carbocycles. The molecule has 1 N–H and O–H groups in total. The van der Waals surface area contributed by atoms with E-state index in [1.165, 1.54) is 31.2 Å². The standard InChI is InChI=1S/C18H19NO5S/c1-14(20)16-7-9-17(10-8-16)25(22,23)19-12-11-18(21)24-13-15-5-3-2-4-6-15/h2-10,19H,11-13H2,1H3. The average Bonchev–Trinajstić information content (AvgIpc) is 2.61. The molecular weight excluding hydrogens is 342 g/mol. The van der Waals surface area contributed by atoms with Crippen molar-refractivity contribution in [2.75, 3.05) is 6.54 Å². The van der Waals surface area contributed by atoms with Crippen LogP contribution in [0, 0.1) is 0 Å². The molecule has 7 heteroatoms. The summed E-state index contributed by atoms with van der Waals surface area (Å²) < 4.78 is 31.7. The predicted octanol–water partition coefficient (Wildman–Crippen LogP) is 2.30. The van der Waals surface area contributed by atoms with Gasteiger partial charge in [-0.05, 0) is 24.6 Å². The number of nitrogens with one attached hydrogen (secondary N) is 1. The summed E-state index contributed by atoms with van der Waals surface area (Å²) in [4.78, 5) is 22.9. The lowest BCUT2D eigenvalue weighted by atomic mass is 10.2.